The van der Waals surface area contributed by atoms with Crippen LogP contribution in [0.15, 0.2) is 71.1 Å². The fourth-order valence-electron chi connectivity index (χ4n) is 3.41. The second-order valence-corrected chi connectivity index (χ2v) is 7.42. The summed E-state index contributed by atoms with van der Waals surface area (Å²) in [6.07, 6.45) is 0. The van der Waals surface area contributed by atoms with E-state index in [1.165, 1.54) is 0 Å². The molecule has 33 heavy (non-hydrogen) atoms. The van der Waals surface area contributed by atoms with Gasteiger partial charge in [0.25, 0.3) is 5.89 Å². The predicted octanol–water partition coefficient (Wildman–Crippen LogP) is 5.42. The van der Waals surface area contributed by atoms with Crippen molar-refractivity contribution in [3.05, 3.63) is 72.3 Å². The molecule has 8 nitrogen and oxygen atoms in total. The molecule has 0 aliphatic rings. The highest BCUT2D eigenvalue weighted by molar-refractivity contribution is 5.92. The van der Waals surface area contributed by atoms with Crippen molar-refractivity contribution in [2.45, 2.75) is 6.92 Å². The van der Waals surface area contributed by atoms with Gasteiger partial charge in [0.15, 0.2) is 0 Å². The van der Waals surface area contributed by atoms with Crippen molar-refractivity contribution in [1.29, 1.82) is 0 Å². The van der Waals surface area contributed by atoms with Gasteiger partial charge in [-0.3, -0.25) is 0 Å². The molecule has 0 saturated carbocycles. The van der Waals surface area contributed by atoms with E-state index >= 15 is 0 Å². The van der Waals surface area contributed by atoms with E-state index in [1.807, 2.05) is 67.6 Å². The van der Waals surface area contributed by atoms with Crippen LogP contribution in [0.4, 0.5) is 11.5 Å². The lowest BCUT2D eigenvalue weighted by molar-refractivity contribution is 0.395. The molecule has 0 unspecified atom stereocenters. The van der Waals surface area contributed by atoms with Crippen LogP contribution in [-0.2, 0) is 0 Å². The third-order valence-corrected chi connectivity index (χ3v) is 5.13. The van der Waals surface area contributed by atoms with Gasteiger partial charge < -0.3 is 19.2 Å². The first-order chi connectivity index (χ1) is 16.1. The van der Waals surface area contributed by atoms with E-state index in [-0.39, 0.29) is 5.89 Å². The molecule has 2 aromatic heterocycles. The Balaban J connectivity index is 1.57. The Bertz CT molecular complexity index is 1410. The molecular weight excluding hydrogens is 418 g/mol. The molecule has 0 fully saturated rings. The minimum absolute atomic E-state index is 0.239. The second-order valence-electron chi connectivity index (χ2n) is 7.42. The Labute approximate surface area is 190 Å². The SMILES string of the molecule is COc1cc(Nc2nc(-c3nnc(-c4ccc(C)cc4)o3)nc3ccccc23)cc(OC)c1. The number of rotatable bonds is 6. The molecule has 0 aliphatic carbocycles. The number of para-hydroxylation sites is 1. The number of anilines is 2. The van der Waals surface area contributed by atoms with Crippen molar-refractivity contribution in [3.8, 4) is 34.7 Å². The molecule has 2 heterocycles. The summed E-state index contributed by atoms with van der Waals surface area (Å²) in [6, 6.07) is 21.1. The lowest BCUT2D eigenvalue weighted by Gasteiger charge is -2.12. The number of aromatic nitrogens is 4. The van der Waals surface area contributed by atoms with Gasteiger partial charge in [-0.15, -0.1) is 10.2 Å². The summed E-state index contributed by atoms with van der Waals surface area (Å²) in [4.78, 5) is 9.34. The Kier molecular flexibility index (Phi) is 5.32. The minimum atomic E-state index is 0.239. The van der Waals surface area contributed by atoms with E-state index in [0.717, 1.165) is 27.7 Å². The smallest absolute Gasteiger partial charge is 0.286 e. The lowest BCUT2D eigenvalue weighted by Crippen LogP contribution is -2.00. The van der Waals surface area contributed by atoms with Gasteiger partial charge in [0.1, 0.15) is 17.3 Å². The van der Waals surface area contributed by atoms with E-state index in [9.17, 15) is 0 Å². The van der Waals surface area contributed by atoms with Crippen LogP contribution in [0.2, 0.25) is 0 Å². The molecule has 0 amide bonds. The fourth-order valence-corrected chi connectivity index (χ4v) is 3.41. The number of nitrogens with one attached hydrogen (secondary N) is 1. The lowest BCUT2D eigenvalue weighted by atomic mass is 10.1. The Morgan fingerprint density at radius 2 is 1.48 bits per heavy atom. The molecule has 0 radical (unpaired) electrons. The summed E-state index contributed by atoms with van der Waals surface area (Å²) in [5.74, 6) is 2.90. The highest BCUT2D eigenvalue weighted by Crippen LogP contribution is 2.31. The number of hydrogen-bond donors (Lipinski definition) is 1. The van der Waals surface area contributed by atoms with Crippen molar-refractivity contribution in [2.75, 3.05) is 19.5 Å². The van der Waals surface area contributed by atoms with Crippen LogP contribution >= 0.6 is 0 Å². The van der Waals surface area contributed by atoms with Gasteiger partial charge in [0.2, 0.25) is 11.7 Å². The maximum absolute atomic E-state index is 5.91. The largest absolute Gasteiger partial charge is 0.497 e. The third kappa shape index (κ3) is 4.18. The molecule has 3 aromatic carbocycles. The number of ether oxygens (including phenoxy) is 2. The number of aryl methyl sites for hydroxylation is 1. The van der Waals surface area contributed by atoms with Gasteiger partial charge >= 0.3 is 0 Å². The molecule has 0 saturated heterocycles. The summed E-state index contributed by atoms with van der Waals surface area (Å²) in [7, 11) is 3.22. The molecule has 8 heteroatoms. The number of benzene rings is 3. The molecule has 1 N–H and O–H groups in total. The van der Waals surface area contributed by atoms with E-state index < -0.39 is 0 Å². The van der Waals surface area contributed by atoms with Crippen molar-refractivity contribution < 1.29 is 13.9 Å². The van der Waals surface area contributed by atoms with E-state index in [1.54, 1.807) is 20.3 Å². The molecule has 0 bridgehead atoms. The molecule has 5 rings (SSSR count). The fraction of sp³-hybridized carbons (Fsp3) is 0.120. The van der Waals surface area contributed by atoms with E-state index in [4.69, 9.17) is 18.9 Å². The topological polar surface area (TPSA) is 95.2 Å². The second kappa shape index (κ2) is 8.58. The first-order valence-corrected chi connectivity index (χ1v) is 10.3. The monoisotopic (exact) mass is 439 g/mol. The normalized spacial score (nSPS) is 10.9. The quantitative estimate of drug-likeness (QED) is 0.375. The number of methoxy groups -OCH3 is 2. The summed E-state index contributed by atoms with van der Waals surface area (Å²) in [5, 5.41) is 12.6. The number of nitrogens with zero attached hydrogens (tertiary/aromatic N) is 4. The van der Waals surface area contributed by atoms with E-state index in [0.29, 0.717) is 29.0 Å². The van der Waals surface area contributed by atoms with Gasteiger partial charge in [0.05, 0.1) is 19.7 Å². The molecule has 0 atom stereocenters. The maximum atomic E-state index is 5.91. The van der Waals surface area contributed by atoms with Crippen LogP contribution in [0.25, 0.3) is 34.1 Å². The zero-order valence-electron chi connectivity index (χ0n) is 18.4. The van der Waals surface area contributed by atoms with Crippen LogP contribution < -0.4 is 14.8 Å². The van der Waals surface area contributed by atoms with Crippen molar-refractivity contribution in [1.82, 2.24) is 20.2 Å². The summed E-state index contributed by atoms with van der Waals surface area (Å²) >= 11 is 0. The van der Waals surface area contributed by atoms with Gasteiger partial charge in [-0.25, -0.2) is 9.97 Å². The summed E-state index contributed by atoms with van der Waals surface area (Å²) < 4.78 is 16.7. The highest BCUT2D eigenvalue weighted by Gasteiger charge is 2.16. The van der Waals surface area contributed by atoms with Crippen LogP contribution in [0.1, 0.15) is 5.56 Å². The van der Waals surface area contributed by atoms with Crippen LogP contribution in [0.3, 0.4) is 0 Å². The minimum Gasteiger partial charge on any atom is -0.497 e. The molecular formula is C25H21N5O3. The Morgan fingerprint density at radius 3 is 2.21 bits per heavy atom. The Hall–Kier alpha value is -4.46. The number of fused-ring (bicyclic) bond motifs is 1. The van der Waals surface area contributed by atoms with Crippen molar-refractivity contribution >= 4 is 22.4 Å². The zero-order valence-corrected chi connectivity index (χ0v) is 18.4. The average Bonchev–Trinajstić information content (AvgIpc) is 3.34. The third-order valence-electron chi connectivity index (χ3n) is 5.13. The first kappa shape index (κ1) is 20.4. The summed E-state index contributed by atoms with van der Waals surface area (Å²) in [5.41, 5.74) is 3.49. The standard InChI is InChI=1S/C25H21N5O3/c1-15-8-10-16(11-9-15)24-29-30-25(33-24)23-27-21-7-5-4-6-20(21)22(28-23)26-17-12-18(31-2)14-19(13-17)32-3/h4-14H,1-3H3,(H,26,27,28). The van der Waals surface area contributed by atoms with Gasteiger partial charge in [-0.1, -0.05) is 29.8 Å². The molecule has 164 valence electrons. The average molecular weight is 439 g/mol. The van der Waals surface area contributed by atoms with Crippen LogP contribution in [0.5, 0.6) is 11.5 Å². The molecule has 0 aliphatic heterocycles. The summed E-state index contributed by atoms with van der Waals surface area (Å²) in [6.45, 7) is 2.03. The zero-order chi connectivity index (χ0) is 22.8. The van der Waals surface area contributed by atoms with Gasteiger partial charge in [-0.2, -0.15) is 0 Å². The van der Waals surface area contributed by atoms with Gasteiger partial charge in [-0.05, 0) is 31.2 Å². The van der Waals surface area contributed by atoms with E-state index in [2.05, 4.69) is 20.5 Å². The number of hydrogen-bond acceptors (Lipinski definition) is 8. The van der Waals surface area contributed by atoms with Crippen LogP contribution in [0, 0.1) is 6.92 Å². The predicted molar refractivity (Wildman–Crippen MR) is 126 cm³/mol. The Morgan fingerprint density at radius 1 is 0.788 bits per heavy atom. The molecule has 5 aromatic rings. The highest BCUT2D eigenvalue weighted by atomic mass is 16.5. The van der Waals surface area contributed by atoms with Gasteiger partial charge in [0, 0.05) is 34.8 Å². The molecule has 0 spiro atoms. The van der Waals surface area contributed by atoms with Crippen LogP contribution in [-0.4, -0.2) is 34.4 Å². The maximum Gasteiger partial charge on any atom is 0.286 e. The van der Waals surface area contributed by atoms with Crippen molar-refractivity contribution in [3.63, 3.8) is 0 Å². The first-order valence-electron chi connectivity index (χ1n) is 10.3. The van der Waals surface area contributed by atoms with Crippen molar-refractivity contribution in [2.24, 2.45) is 0 Å².